The average molecular weight is 415 g/mol. The maximum Gasteiger partial charge on any atom is 0.239 e. The summed E-state index contributed by atoms with van der Waals surface area (Å²) in [5.41, 5.74) is 1.26. The fraction of sp³-hybridized carbons (Fsp3) is 0.696. The average Bonchev–Trinajstić information content (AvgIpc) is 3.31. The van der Waals surface area contributed by atoms with Crippen LogP contribution >= 0.6 is 0 Å². The fourth-order valence-corrected chi connectivity index (χ4v) is 4.55. The molecular weight excluding hydrogens is 376 g/mol. The summed E-state index contributed by atoms with van der Waals surface area (Å²) in [6.45, 7) is 12.8. The number of amides is 1. The number of rotatable bonds is 6. The lowest BCUT2D eigenvalue weighted by atomic mass is 9.89. The summed E-state index contributed by atoms with van der Waals surface area (Å²) in [5, 5.41) is 3.59. The van der Waals surface area contributed by atoms with Crippen molar-refractivity contribution in [3.05, 3.63) is 30.1 Å². The van der Waals surface area contributed by atoms with E-state index in [0.29, 0.717) is 17.7 Å². The van der Waals surface area contributed by atoms with Crippen LogP contribution in [0.4, 0.5) is 0 Å². The van der Waals surface area contributed by atoms with Gasteiger partial charge >= 0.3 is 0 Å². The lowest BCUT2D eigenvalue weighted by Crippen LogP contribution is -2.57. The third-order valence-electron chi connectivity index (χ3n) is 6.55. The van der Waals surface area contributed by atoms with E-state index in [1.165, 1.54) is 5.56 Å². The molecule has 0 bridgehead atoms. The smallest absolute Gasteiger partial charge is 0.239 e. The van der Waals surface area contributed by atoms with Crippen molar-refractivity contribution in [2.75, 3.05) is 52.9 Å². The summed E-state index contributed by atoms with van der Waals surface area (Å²) in [7, 11) is 1.85. The number of hydrogen-bond donors (Lipinski definition) is 1. The maximum atomic E-state index is 12.7. The van der Waals surface area contributed by atoms with E-state index in [1.54, 1.807) is 0 Å². The van der Waals surface area contributed by atoms with Gasteiger partial charge in [0, 0.05) is 71.2 Å². The number of aromatic nitrogens is 1. The lowest BCUT2D eigenvalue weighted by molar-refractivity contribution is -0.135. The van der Waals surface area contributed by atoms with Gasteiger partial charge in [-0.15, -0.1) is 0 Å². The normalized spacial score (nSPS) is 20.5. The summed E-state index contributed by atoms with van der Waals surface area (Å²) in [6, 6.07) is 4.12. The van der Waals surface area contributed by atoms with E-state index in [4.69, 9.17) is 0 Å². The molecule has 0 saturated carbocycles. The molecule has 2 aliphatic heterocycles. The second kappa shape index (κ2) is 10.8. The van der Waals surface area contributed by atoms with Gasteiger partial charge in [0.25, 0.3) is 0 Å². The molecule has 3 rings (SSSR count). The minimum Gasteiger partial charge on any atom is -0.356 e. The Balaban J connectivity index is 1.51. The van der Waals surface area contributed by atoms with Crippen molar-refractivity contribution in [1.82, 2.24) is 25.0 Å². The second-order valence-corrected chi connectivity index (χ2v) is 8.80. The lowest BCUT2D eigenvalue weighted by Gasteiger charge is -2.40. The summed E-state index contributed by atoms with van der Waals surface area (Å²) in [6.07, 6.45) is 6.07. The van der Waals surface area contributed by atoms with Crippen LogP contribution in [0.1, 0.15) is 45.1 Å². The second-order valence-electron chi connectivity index (χ2n) is 8.80. The largest absolute Gasteiger partial charge is 0.356 e. The number of guanidine groups is 1. The first-order valence-corrected chi connectivity index (χ1v) is 11.4. The maximum absolute atomic E-state index is 12.7. The van der Waals surface area contributed by atoms with Gasteiger partial charge < -0.3 is 15.1 Å². The van der Waals surface area contributed by atoms with Crippen LogP contribution in [0.3, 0.4) is 0 Å². The quantitative estimate of drug-likeness (QED) is 0.570. The molecule has 0 radical (unpaired) electrons. The molecule has 2 aliphatic rings. The predicted octanol–water partition coefficient (Wildman–Crippen LogP) is 2.03. The van der Waals surface area contributed by atoms with Gasteiger partial charge in [0.1, 0.15) is 0 Å². The van der Waals surface area contributed by atoms with Crippen LogP contribution in [-0.4, -0.2) is 90.5 Å². The molecule has 2 unspecified atom stereocenters. The van der Waals surface area contributed by atoms with Crippen molar-refractivity contribution in [3.8, 4) is 0 Å². The van der Waals surface area contributed by atoms with Crippen molar-refractivity contribution >= 4 is 11.9 Å². The number of likely N-dealkylation sites (tertiary alicyclic amines) is 1. The van der Waals surface area contributed by atoms with Crippen LogP contribution in [-0.2, 0) is 4.79 Å². The molecule has 0 spiro atoms. The Hall–Kier alpha value is -2.15. The van der Waals surface area contributed by atoms with Gasteiger partial charge in [-0.05, 0) is 37.3 Å². The first-order chi connectivity index (χ1) is 14.5. The Bertz CT molecular complexity index is 693. The number of aliphatic imine (C=N–C) groups is 1. The number of piperazine rings is 1. The van der Waals surface area contributed by atoms with Gasteiger partial charge in [0.05, 0.1) is 6.04 Å². The van der Waals surface area contributed by atoms with E-state index < -0.39 is 0 Å². The van der Waals surface area contributed by atoms with Crippen molar-refractivity contribution in [3.63, 3.8) is 0 Å². The van der Waals surface area contributed by atoms with Gasteiger partial charge in [0.2, 0.25) is 5.91 Å². The number of pyridine rings is 1. The van der Waals surface area contributed by atoms with E-state index in [9.17, 15) is 4.79 Å². The van der Waals surface area contributed by atoms with Gasteiger partial charge in [-0.25, -0.2) is 0 Å². The molecule has 1 N–H and O–H groups in total. The Morgan fingerprint density at radius 2 is 1.80 bits per heavy atom. The Kier molecular flexibility index (Phi) is 8.08. The van der Waals surface area contributed by atoms with Crippen molar-refractivity contribution in [2.24, 2.45) is 10.9 Å². The highest BCUT2D eigenvalue weighted by atomic mass is 16.2. The molecule has 3 heterocycles. The van der Waals surface area contributed by atoms with E-state index in [-0.39, 0.29) is 6.04 Å². The first-order valence-electron chi connectivity index (χ1n) is 11.4. The minimum atomic E-state index is -0.0314. The standard InChI is InChI=1S/C23H38N6O/c1-18(2)21(20-8-7-9-25-16-20)17-26-23(24-4)29-14-12-27(13-15-29)19(3)22(30)28-10-5-6-11-28/h7-9,16,18-19,21H,5-6,10-15,17H2,1-4H3,(H,24,26). The number of hydrogen-bond acceptors (Lipinski definition) is 4. The summed E-state index contributed by atoms with van der Waals surface area (Å²) in [5.74, 6) is 2.13. The van der Waals surface area contributed by atoms with Crippen molar-refractivity contribution in [1.29, 1.82) is 0 Å². The van der Waals surface area contributed by atoms with E-state index >= 15 is 0 Å². The number of nitrogens with one attached hydrogen (secondary N) is 1. The Morgan fingerprint density at radius 3 is 2.37 bits per heavy atom. The van der Waals surface area contributed by atoms with Gasteiger partial charge in [0.15, 0.2) is 5.96 Å². The predicted molar refractivity (Wildman–Crippen MR) is 122 cm³/mol. The molecule has 2 atom stereocenters. The van der Waals surface area contributed by atoms with Gasteiger partial charge in [-0.1, -0.05) is 19.9 Å². The Labute approximate surface area is 181 Å². The highest BCUT2D eigenvalue weighted by Gasteiger charge is 2.30. The molecule has 1 aromatic heterocycles. The minimum absolute atomic E-state index is 0.0314. The van der Waals surface area contributed by atoms with Crippen molar-refractivity contribution in [2.45, 2.75) is 45.6 Å². The number of carbonyl (C=O) groups is 1. The van der Waals surface area contributed by atoms with Gasteiger partial charge in [-0.2, -0.15) is 0 Å². The summed E-state index contributed by atoms with van der Waals surface area (Å²) in [4.78, 5) is 28.2. The molecular formula is C23H38N6O. The monoisotopic (exact) mass is 414 g/mol. The van der Waals surface area contributed by atoms with E-state index in [0.717, 1.165) is 64.6 Å². The molecule has 1 amide bonds. The van der Waals surface area contributed by atoms with Crippen LogP contribution in [0.25, 0.3) is 0 Å². The van der Waals surface area contributed by atoms with Crippen LogP contribution in [0.15, 0.2) is 29.5 Å². The SMILES string of the molecule is CN=C(NCC(c1cccnc1)C(C)C)N1CCN(C(C)C(=O)N2CCCC2)CC1. The Morgan fingerprint density at radius 1 is 1.10 bits per heavy atom. The number of carbonyl (C=O) groups excluding carboxylic acids is 1. The molecule has 7 heteroatoms. The molecule has 0 aliphatic carbocycles. The fourth-order valence-electron chi connectivity index (χ4n) is 4.55. The molecule has 0 aromatic carbocycles. The van der Waals surface area contributed by atoms with Crippen LogP contribution < -0.4 is 5.32 Å². The highest BCUT2D eigenvalue weighted by Crippen LogP contribution is 2.23. The van der Waals surface area contributed by atoms with E-state index in [1.807, 2.05) is 30.4 Å². The highest BCUT2D eigenvalue weighted by molar-refractivity contribution is 5.82. The molecule has 2 fully saturated rings. The summed E-state index contributed by atoms with van der Waals surface area (Å²) >= 11 is 0. The first kappa shape index (κ1) is 22.5. The molecule has 166 valence electrons. The zero-order chi connectivity index (χ0) is 21.5. The van der Waals surface area contributed by atoms with Crippen LogP contribution in [0.5, 0.6) is 0 Å². The zero-order valence-electron chi connectivity index (χ0n) is 19.0. The molecule has 1 aromatic rings. The third kappa shape index (κ3) is 5.50. The molecule has 2 saturated heterocycles. The third-order valence-corrected chi connectivity index (χ3v) is 6.55. The van der Waals surface area contributed by atoms with E-state index in [2.05, 4.69) is 51.9 Å². The molecule has 7 nitrogen and oxygen atoms in total. The van der Waals surface area contributed by atoms with Crippen LogP contribution in [0, 0.1) is 5.92 Å². The molecule has 30 heavy (non-hydrogen) atoms. The number of nitrogens with zero attached hydrogens (tertiary/aromatic N) is 5. The van der Waals surface area contributed by atoms with Gasteiger partial charge in [-0.3, -0.25) is 19.7 Å². The van der Waals surface area contributed by atoms with Crippen molar-refractivity contribution < 1.29 is 4.79 Å². The topological polar surface area (TPSA) is 64.1 Å². The van der Waals surface area contributed by atoms with Crippen LogP contribution in [0.2, 0.25) is 0 Å². The zero-order valence-corrected chi connectivity index (χ0v) is 19.0. The summed E-state index contributed by atoms with van der Waals surface area (Å²) < 4.78 is 0.